The van der Waals surface area contributed by atoms with Crippen molar-refractivity contribution in [1.82, 2.24) is 4.90 Å². The highest BCUT2D eigenvalue weighted by molar-refractivity contribution is 9.09. The van der Waals surface area contributed by atoms with Crippen LogP contribution >= 0.6 is 15.9 Å². The monoisotopic (exact) mass is 329 g/mol. The van der Waals surface area contributed by atoms with E-state index in [2.05, 4.69) is 15.9 Å². The van der Waals surface area contributed by atoms with Crippen LogP contribution in [0.2, 0.25) is 0 Å². The van der Waals surface area contributed by atoms with Crippen molar-refractivity contribution in [2.45, 2.75) is 38.9 Å². The largest absolute Gasteiger partial charge is 0.456 e. The summed E-state index contributed by atoms with van der Waals surface area (Å²) in [5.74, 6) is 1.21. The van der Waals surface area contributed by atoms with Gasteiger partial charge in [-0.3, -0.25) is 4.79 Å². The van der Waals surface area contributed by atoms with E-state index in [0.717, 1.165) is 17.5 Å². The molecule has 2 heterocycles. The van der Waals surface area contributed by atoms with Gasteiger partial charge in [-0.05, 0) is 26.0 Å². The van der Waals surface area contributed by atoms with Gasteiger partial charge in [-0.15, -0.1) is 0 Å². The van der Waals surface area contributed by atoms with Gasteiger partial charge >= 0.3 is 0 Å². The van der Waals surface area contributed by atoms with Crippen molar-refractivity contribution in [2.24, 2.45) is 0 Å². The summed E-state index contributed by atoms with van der Waals surface area (Å²) in [4.78, 5) is 14.3. The lowest BCUT2D eigenvalue weighted by Gasteiger charge is -2.42. The molecule has 1 aromatic heterocycles. The zero-order chi connectivity index (χ0) is 14.0. The number of hydrogen-bond acceptors (Lipinski definition) is 3. The summed E-state index contributed by atoms with van der Waals surface area (Å²) in [6, 6.07) is 3.62. The second kappa shape index (κ2) is 5.67. The van der Waals surface area contributed by atoms with Crippen LogP contribution in [0.15, 0.2) is 16.5 Å². The fourth-order valence-electron chi connectivity index (χ4n) is 2.37. The molecular formula is C14H20BrNO3. The lowest BCUT2D eigenvalue weighted by molar-refractivity contribution is -0.116. The van der Waals surface area contributed by atoms with Gasteiger partial charge in [0.2, 0.25) is 0 Å². The molecule has 1 unspecified atom stereocenters. The van der Waals surface area contributed by atoms with Gasteiger partial charge in [-0.2, -0.15) is 0 Å². The van der Waals surface area contributed by atoms with Crippen molar-refractivity contribution in [3.63, 3.8) is 0 Å². The number of halogens is 1. The molecule has 19 heavy (non-hydrogen) atoms. The van der Waals surface area contributed by atoms with Crippen LogP contribution in [0, 0.1) is 0 Å². The van der Waals surface area contributed by atoms with Gasteiger partial charge in [0.05, 0.1) is 11.7 Å². The van der Waals surface area contributed by atoms with E-state index >= 15 is 0 Å². The van der Waals surface area contributed by atoms with Gasteiger partial charge in [0.15, 0.2) is 5.76 Å². The maximum Gasteiger partial charge on any atom is 0.289 e. The number of hydrogen-bond donors (Lipinski definition) is 0. The first kappa shape index (κ1) is 14.6. The quantitative estimate of drug-likeness (QED) is 0.801. The molecule has 0 saturated carbocycles. The molecule has 1 amide bonds. The van der Waals surface area contributed by atoms with Crippen LogP contribution in [0.5, 0.6) is 0 Å². The summed E-state index contributed by atoms with van der Waals surface area (Å²) in [6.45, 7) is 7.18. The summed E-state index contributed by atoms with van der Waals surface area (Å²) < 4.78 is 11.4. The minimum Gasteiger partial charge on any atom is -0.456 e. The molecule has 1 aliphatic heterocycles. The van der Waals surface area contributed by atoms with Gasteiger partial charge in [-0.25, -0.2) is 0 Å². The van der Waals surface area contributed by atoms with E-state index in [1.165, 1.54) is 0 Å². The number of rotatable bonds is 3. The Morgan fingerprint density at radius 3 is 2.84 bits per heavy atom. The number of morpholine rings is 1. The van der Waals surface area contributed by atoms with E-state index in [9.17, 15) is 4.79 Å². The number of furan rings is 1. The SMILES string of the molecule is CCc1ccc(C(=O)N2CC(CBr)OC(C)(C)C2)o1. The zero-order valence-electron chi connectivity index (χ0n) is 11.6. The summed E-state index contributed by atoms with van der Waals surface area (Å²) >= 11 is 3.42. The third-order valence-electron chi connectivity index (χ3n) is 3.16. The van der Waals surface area contributed by atoms with Crippen molar-refractivity contribution in [3.05, 3.63) is 23.7 Å². The molecule has 0 spiro atoms. The average Bonchev–Trinajstić information content (AvgIpc) is 2.84. The smallest absolute Gasteiger partial charge is 0.289 e. The van der Waals surface area contributed by atoms with E-state index in [-0.39, 0.29) is 17.6 Å². The number of alkyl halides is 1. The van der Waals surface area contributed by atoms with E-state index in [1.54, 1.807) is 6.07 Å². The highest BCUT2D eigenvalue weighted by atomic mass is 79.9. The van der Waals surface area contributed by atoms with Crippen LogP contribution in [0.25, 0.3) is 0 Å². The van der Waals surface area contributed by atoms with Gasteiger partial charge in [0.1, 0.15) is 5.76 Å². The molecule has 106 valence electrons. The predicted molar refractivity (Wildman–Crippen MR) is 76.7 cm³/mol. The standard InChI is InChI=1S/C14H20BrNO3/c1-4-10-5-6-12(18-10)13(17)16-8-11(7-15)19-14(2,3)9-16/h5-6,11H,4,7-9H2,1-3H3. The Hall–Kier alpha value is -0.810. The Labute approximate surface area is 122 Å². The third-order valence-corrected chi connectivity index (χ3v) is 3.88. The van der Waals surface area contributed by atoms with Gasteiger partial charge in [0, 0.05) is 24.8 Å². The Balaban J connectivity index is 2.13. The average molecular weight is 330 g/mol. The number of amides is 1. The molecule has 0 aromatic carbocycles. The van der Waals surface area contributed by atoms with E-state index < -0.39 is 0 Å². The second-order valence-corrected chi connectivity index (χ2v) is 6.11. The third kappa shape index (κ3) is 3.39. The lowest BCUT2D eigenvalue weighted by Crippen LogP contribution is -2.55. The van der Waals surface area contributed by atoms with Crippen molar-refractivity contribution in [1.29, 1.82) is 0 Å². The molecule has 2 rings (SSSR count). The second-order valence-electron chi connectivity index (χ2n) is 5.46. The van der Waals surface area contributed by atoms with Gasteiger partial charge < -0.3 is 14.1 Å². The van der Waals surface area contributed by atoms with Crippen molar-refractivity contribution >= 4 is 21.8 Å². The van der Waals surface area contributed by atoms with Crippen LogP contribution in [0.4, 0.5) is 0 Å². The Kier molecular flexibility index (Phi) is 4.36. The van der Waals surface area contributed by atoms with Crippen LogP contribution in [-0.4, -0.2) is 40.9 Å². The predicted octanol–water partition coefficient (Wildman–Crippen LogP) is 2.86. The summed E-state index contributed by atoms with van der Waals surface area (Å²) in [5, 5.41) is 0.721. The highest BCUT2D eigenvalue weighted by Gasteiger charge is 2.36. The van der Waals surface area contributed by atoms with E-state index in [1.807, 2.05) is 31.7 Å². The number of carbonyl (C=O) groups is 1. The van der Waals surface area contributed by atoms with Crippen LogP contribution in [0.3, 0.4) is 0 Å². The molecule has 5 heteroatoms. The molecule has 1 aromatic rings. The maximum atomic E-state index is 12.4. The van der Waals surface area contributed by atoms with Crippen LogP contribution in [-0.2, 0) is 11.2 Å². The Bertz CT molecular complexity index is 455. The fourth-order valence-corrected chi connectivity index (χ4v) is 2.71. The van der Waals surface area contributed by atoms with E-state index in [4.69, 9.17) is 9.15 Å². The molecule has 1 fully saturated rings. The molecule has 0 N–H and O–H groups in total. The molecule has 4 nitrogen and oxygen atoms in total. The maximum absolute atomic E-state index is 12.4. The summed E-state index contributed by atoms with van der Waals surface area (Å²) in [6.07, 6.45) is 0.819. The number of nitrogens with zero attached hydrogens (tertiary/aromatic N) is 1. The first-order valence-corrected chi connectivity index (χ1v) is 7.69. The minimum absolute atomic E-state index is 0.0216. The van der Waals surface area contributed by atoms with Crippen molar-refractivity contribution in [2.75, 3.05) is 18.4 Å². The zero-order valence-corrected chi connectivity index (χ0v) is 13.2. The van der Waals surface area contributed by atoms with Gasteiger partial charge in [0.25, 0.3) is 5.91 Å². The molecule has 0 radical (unpaired) electrons. The molecular weight excluding hydrogens is 310 g/mol. The van der Waals surface area contributed by atoms with Gasteiger partial charge in [-0.1, -0.05) is 22.9 Å². The molecule has 1 saturated heterocycles. The molecule has 0 bridgehead atoms. The number of aryl methyl sites for hydroxylation is 1. The highest BCUT2D eigenvalue weighted by Crippen LogP contribution is 2.24. The number of ether oxygens (including phenoxy) is 1. The first-order chi connectivity index (χ1) is 8.95. The van der Waals surface area contributed by atoms with Crippen molar-refractivity contribution in [3.8, 4) is 0 Å². The fraction of sp³-hybridized carbons (Fsp3) is 0.643. The molecule has 1 aliphatic rings. The number of carbonyl (C=O) groups excluding carboxylic acids is 1. The topological polar surface area (TPSA) is 42.7 Å². The Morgan fingerprint density at radius 2 is 2.26 bits per heavy atom. The van der Waals surface area contributed by atoms with Crippen molar-refractivity contribution < 1.29 is 13.9 Å². The summed E-state index contributed by atoms with van der Waals surface area (Å²) in [7, 11) is 0. The minimum atomic E-state index is -0.327. The van der Waals surface area contributed by atoms with E-state index in [0.29, 0.717) is 18.8 Å². The van der Waals surface area contributed by atoms with Crippen LogP contribution in [0.1, 0.15) is 37.1 Å². The molecule has 0 aliphatic carbocycles. The Morgan fingerprint density at radius 1 is 1.53 bits per heavy atom. The van der Waals surface area contributed by atoms with Crippen LogP contribution < -0.4 is 0 Å². The summed E-state index contributed by atoms with van der Waals surface area (Å²) in [5.41, 5.74) is -0.327. The molecule has 1 atom stereocenters. The lowest BCUT2D eigenvalue weighted by atomic mass is 10.1. The normalized spacial score (nSPS) is 22.5. The first-order valence-electron chi connectivity index (χ1n) is 6.57.